The zero-order valence-corrected chi connectivity index (χ0v) is 28.7. The number of nitrogens with zero attached hydrogens (tertiary/aromatic N) is 5. The van der Waals surface area contributed by atoms with Crippen LogP contribution >= 0.6 is 11.3 Å². The van der Waals surface area contributed by atoms with Gasteiger partial charge in [0.2, 0.25) is 0 Å². The SMILES string of the molecule is CCOC(=O)C1=C(C)N=c2s/c(=C/c3ccc(N4N=C(c5ccccc5)C[C@@H]4c4ccccc4)cc3)c(=O)n2[C@H]1c1ccc(N(C)C)cc1. The zero-order valence-electron chi connectivity index (χ0n) is 27.9. The van der Waals surface area contributed by atoms with Gasteiger partial charge in [-0.1, -0.05) is 96.3 Å². The van der Waals surface area contributed by atoms with Crippen molar-refractivity contribution in [3.8, 4) is 0 Å². The van der Waals surface area contributed by atoms with Gasteiger partial charge in [0.15, 0.2) is 4.80 Å². The number of hydrazone groups is 1. The highest BCUT2D eigenvalue weighted by molar-refractivity contribution is 7.07. The topological polar surface area (TPSA) is 79.5 Å². The summed E-state index contributed by atoms with van der Waals surface area (Å²) in [6, 6.07) is 36.2. The molecule has 3 heterocycles. The molecule has 0 N–H and O–H groups in total. The average molecular weight is 668 g/mol. The Kier molecular flexibility index (Phi) is 8.84. The van der Waals surface area contributed by atoms with Gasteiger partial charge in [0.1, 0.15) is 0 Å². The molecule has 0 aliphatic carbocycles. The number of anilines is 2. The summed E-state index contributed by atoms with van der Waals surface area (Å²) in [4.78, 5) is 34.7. The zero-order chi connectivity index (χ0) is 34.1. The number of ether oxygens (including phenoxy) is 1. The van der Waals surface area contributed by atoms with Crippen LogP contribution < -0.4 is 24.8 Å². The summed E-state index contributed by atoms with van der Waals surface area (Å²) in [5, 5.41) is 7.18. The van der Waals surface area contributed by atoms with Crippen molar-refractivity contribution in [1.82, 2.24) is 4.57 Å². The van der Waals surface area contributed by atoms with E-state index in [1.165, 1.54) is 16.9 Å². The first-order chi connectivity index (χ1) is 23.8. The second-order valence-electron chi connectivity index (χ2n) is 12.3. The van der Waals surface area contributed by atoms with Crippen LogP contribution in [0.4, 0.5) is 11.4 Å². The predicted octanol–water partition coefficient (Wildman–Crippen LogP) is 6.22. The first-order valence-corrected chi connectivity index (χ1v) is 17.2. The molecule has 0 radical (unpaired) electrons. The van der Waals surface area contributed by atoms with Crippen molar-refractivity contribution in [2.45, 2.75) is 32.4 Å². The van der Waals surface area contributed by atoms with E-state index in [1.54, 1.807) is 18.4 Å². The van der Waals surface area contributed by atoms with Gasteiger partial charge < -0.3 is 9.64 Å². The third-order valence-electron chi connectivity index (χ3n) is 8.90. The largest absolute Gasteiger partial charge is 0.463 e. The van der Waals surface area contributed by atoms with Crippen molar-refractivity contribution in [2.75, 3.05) is 30.6 Å². The first-order valence-electron chi connectivity index (χ1n) is 16.4. The minimum Gasteiger partial charge on any atom is -0.463 e. The molecular weight excluding hydrogens is 631 g/mol. The molecule has 0 fully saturated rings. The molecule has 5 aromatic rings. The van der Waals surface area contributed by atoms with E-state index in [0.29, 0.717) is 20.6 Å². The molecule has 1 aromatic heterocycles. The summed E-state index contributed by atoms with van der Waals surface area (Å²) in [6.07, 6.45) is 2.68. The van der Waals surface area contributed by atoms with Crippen molar-refractivity contribution in [2.24, 2.45) is 10.1 Å². The standard InChI is InChI=1S/C40H37N5O3S/c1-5-48-39(47)36-26(2)41-40-44(37(36)30-18-22-31(23-19-30)43(3)4)38(46)35(49-40)24-27-16-20-32(21-17-27)45-34(29-14-10-7-11-15-29)25-33(42-45)28-12-8-6-9-13-28/h6-24,34,37H,5,25H2,1-4H3/b35-24+/t34-,37+/m1/s1. The molecule has 0 bridgehead atoms. The second kappa shape index (κ2) is 13.5. The van der Waals surface area contributed by atoms with Crippen LogP contribution in [0.1, 0.15) is 54.6 Å². The molecule has 2 atom stereocenters. The molecule has 2 aliphatic rings. The Balaban J connectivity index is 1.26. The van der Waals surface area contributed by atoms with Crippen LogP contribution in [0.25, 0.3) is 6.08 Å². The maximum absolute atomic E-state index is 14.1. The highest BCUT2D eigenvalue weighted by atomic mass is 32.1. The Bertz CT molecular complexity index is 2240. The number of benzene rings is 4. The monoisotopic (exact) mass is 667 g/mol. The average Bonchev–Trinajstić information content (AvgIpc) is 3.70. The van der Waals surface area contributed by atoms with E-state index >= 15 is 0 Å². The van der Waals surface area contributed by atoms with E-state index in [1.807, 2.05) is 97.9 Å². The maximum atomic E-state index is 14.1. The number of thiazole rings is 1. The Morgan fingerprint density at radius 2 is 1.59 bits per heavy atom. The van der Waals surface area contributed by atoms with Crippen LogP contribution in [0.15, 0.2) is 135 Å². The highest BCUT2D eigenvalue weighted by Gasteiger charge is 2.33. The summed E-state index contributed by atoms with van der Waals surface area (Å²) in [6.45, 7) is 3.80. The van der Waals surface area contributed by atoms with E-state index in [2.05, 4.69) is 41.4 Å². The van der Waals surface area contributed by atoms with Crippen LogP contribution in [-0.2, 0) is 9.53 Å². The van der Waals surface area contributed by atoms with Gasteiger partial charge in [0.05, 0.1) is 45.9 Å². The summed E-state index contributed by atoms with van der Waals surface area (Å²) in [5.74, 6) is -0.468. The molecule has 0 unspecified atom stereocenters. The quantitative estimate of drug-likeness (QED) is 0.184. The maximum Gasteiger partial charge on any atom is 0.338 e. The fraction of sp³-hybridized carbons (Fsp3) is 0.200. The van der Waals surface area contributed by atoms with Crippen LogP contribution in [0, 0.1) is 0 Å². The molecule has 0 saturated heterocycles. The molecule has 7 rings (SSSR count). The van der Waals surface area contributed by atoms with E-state index in [9.17, 15) is 9.59 Å². The fourth-order valence-corrected chi connectivity index (χ4v) is 7.47. The van der Waals surface area contributed by atoms with Crippen molar-refractivity contribution in [1.29, 1.82) is 0 Å². The van der Waals surface area contributed by atoms with Crippen molar-refractivity contribution >= 4 is 40.5 Å². The number of hydrogen-bond donors (Lipinski definition) is 0. The number of esters is 1. The van der Waals surface area contributed by atoms with Crippen molar-refractivity contribution in [3.63, 3.8) is 0 Å². The minimum atomic E-state index is -0.655. The summed E-state index contributed by atoms with van der Waals surface area (Å²) >= 11 is 1.32. The molecule has 9 heteroatoms. The highest BCUT2D eigenvalue weighted by Crippen LogP contribution is 2.37. The predicted molar refractivity (Wildman–Crippen MR) is 197 cm³/mol. The third kappa shape index (κ3) is 6.25. The number of fused-ring (bicyclic) bond motifs is 1. The normalized spacial score (nSPS) is 17.4. The number of allylic oxidation sites excluding steroid dienone is 1. The van der Waals surface area contributed by atoms with Gasteiger partial charge in [-0.05, 0) is 66.4 Å². The number of aromatic nitrogens is 1. The Hall–Kier alpha value is -5.54. The second-order valence-corrected chi connectivity index (χ2v) is 13.3. The molecule has 0 amide bonds. The van der Waals surface area contributed by atoms with Gasteiger partial charge in [-0.25, -0.2) is 9.79 Å². The summed E-state index contributed by atoms with van der Waals surface area (Å²) in [7, 11) is 3.95. The lowest BCUT2D eigenvalue weighted by Gasteiger charge is -2.25. The fourth-order valence-electron chi connectivity index (χ4n) is 6.42. The van der Waals surface area contributed by atoms with Crippen LogP contribution in [0.5, 0.6) is 0 Å². The van der Waals surface area contributed by atoms with E-state index in [-0.39, 0.29) is 18.2 Å². The van der Waals surface area contributed by atoms with E-state index in [4.69, 9.17) is 14.8 Å². The smallest absolute Gasteiger partial charge is 0.338 e. The summed E-state index contributed by atoms with van der Waals surface area (Å²) in [5.41, 5.74) is 7.75. The number of carbonyl (C=O) groups excluding carboxylic acids is 1. The molecule has 0 saturated carbocycles. The van der Waals surface area contributed by atoms with Crippen LogP contribution in [-0.4, -0.2) is 37.0 Å². The van der Waals surface area contributed by atoms with Gasteiger partial charge in [-0.2, -0.15) is 5.10 Å². The Morgan fingerprint density at radius 1 is 0.918 bits per heavy atom. The summed E-state index contributed by atoms with van der Waals surface area (Å²) < 4.78 is 7.61. The number of carbonyl (C=O) groups is 1. The van der Waals surface area contributed by atoms with Gasteiger partial charge in [-0.3, -0.25) is 14.4 Å². The Labute approximate surface area is 289 Å². The number of hydrogen-bond acceptors (Lipinski definition) is 8. The van der Waals surface area contributed by atoms with Crippen LogP contribution in [0.3, 0.4) is 0 Å². The van der Waals surface area contributed by atoms with Crippen LogP contribution in [0.2, 0.25) is 0 Å². The van der Waals surface area contributed by atoms with Crippen molar-refractivity contribution in [3.05, 3.63) is 162 Å². The molecule has 2 aliphatic heterocycles. The Morgan fingerprint density at radius 3 is 2.24 bits per heavy atom. The first kappa shape index (κ1) is 32.0. The lowest BCUT2D eigenvalue weighted by Crippen LogP contribution is -2.39. The third-order valence-corrected chi connectivity index (χ3v) is 9.88. The van der Waals surface area contributed by atoms with E-state index in [0.717, 1.165) is 40.2 Å². The minimum absolute atomic E-state index is 0.0644. The molecule has 246 valence electrons. The van der Waals surface area contributed by atoms with Gasteiger partial charge in [0, 0.05) is 26.2 Å². The molecule has 49 heavy (non-hydrogen) atoms. The molecule has 4 aromatic carbocycles. The molecular formula is C40H37N5O3S. The van der Waals surface area contributed by atoms with Gasteiger partial charge in [0.25, 0.3) is 5.56 Å². The molecule has 8 nitrogen and oxygen atoms in total. The lowest BCUT2D eigenvalue weighted by molar-refractivity contribution is -0.139. The number of rotatable bonds is 8. The van der Waals surface area contributed by atoms with Crippen molar-refractivity contribution < 1.29 is 9.53 Å². The van der Waals surface area contributed by atoms with Gasteiger partial charge >= 0.3 is 5.97 Å². The van der Waals surface area contributed by atoms with Gasteiger partial charge in [-0.15, -0.1) is 0 Å². The van der Waals surface area contributed by atoms with E-state index < -0.39 is 12.0 Å². The molecule has 0 spiro atoms. The lowest BCUT2D eigenvalue weighted by atomic mass is 9.95.